The van der Waals surface area contributed by atoms with Crippen LogP contribution < -0.4 is 10.3 Å². The van der Waals surface area contributed by atoms with E-state index in [4.69, 9.17) is 16.3 Å². The van der Waals surface area contributed by atoms with Crippen molar-refractivity contribution in [3.63, 3.8) is 0 Å². The molecule has 0 radical (unpaired) electrons. The van der Waals surface area contributed by atoms with Crippen LogP contribution in [0.4, 0.5) is 0 Å². The van der Waals surface area contributed by atoms with E-state index >= 15 is 0 Å². The highest BCUT2D eigenvalue weighted by atomic mass is 35.5. The van der Waals surface area contributed by atoms with Crippen molar-refractivity contribution in [2.75, 3.05) is 19.9 Å². The number of ether oxygens (including phenoxy) is 1. The number of halogens is 1. The van der Waals surface area contributed by atoms with Gasteiger partial charge in [-0.1, -0.05) is 11.6 Å². The van der Waals surface area contributed by atoms with E-state index in [0.29, 0.717) is 48.2 Å². The van der Waals surface area contributed by atoms with E-state index in [1.54, 1.807) is 12.3 Å². The summed E-state index contributed by atoms with van der Waals surface area (Å²) in [7, 11) is -2.05. The first-order valence-electron chi connectivity index (χ1n) is 7.51. The molecule has 8 nitrogen and oxygen atoms in total. The zero-order chi connectivity index (χ0) is 18.2. The van der Waals surface area contributed by atoms with Crippen LogP contribution in [0.1, 0.15) is 16.8 Å². The molecule has 0 fully saturated rings. The van der Waals surface area contributed by atoms with Gasteiger partial charge in [0, 0.05) is 38.5 Å². The molecule has 0 saturated carbocycles. The van der Waals surface area contributed by atoms with Crippen molar-refractivity contribution in [3.05, 3.63) is 44.5 Å². The number of hydrogen-bond acceptors (Lipinski definition) is 7. The summed E-state index contributed by atoms with van der Waals surface area (Å²) in [5.74, 6) is 0.364. The molecule has 0 spiro atoms. The summed E-state index contributed by atoms with van der Waals surface area (Å²) in [5, 5.41) is 0.144. The molecular weight excluding hydrogens is 368 g/mol. The van der Waals surface area contributed by atoms with Crippen LogP contribution in [0, 0.1) is 0 Å². The van der Waals surface area contributed by atoms with Crippen LogP contribution in [0.5, 0.6) is 5.88 Å². The second-order valence-electron chi connectivity index (χ2n) is 5.86. The Labute approximate surface area is 149 Å². The Kier molecular flexibility index (Phi) is 4.81. The van der Waals surface area contributed by atoms with Gasteiger partial charge < -0.3 is 4.74 Å². The minimum absolute atomic E-state index is 0.282. The molecule has 0 atom stereocenters. The summed E-state index contributed by atoms with van der Waals surface area (Å²) in [6, 6.07) is 1.78. The lowest BCUT2D eigenvalue weighted by molar-refractivity contribution is 0.240. The van der Waals surface area contributed by atoms with Gasteiger partial charge in [-0.15, -0.1) is 0 Å². The van der Waals surface area contributed by atoms with Crippen molar-refractivity contribution in [2.24, 2.45) is 0 Å². The van der Waals surface area contributed by atoms with Gasteiger partial charge in [0.15, 0.2) is 0 Å². The first-order valence-corrected chi connectivity index (χ1v) is 9.77. The lowest BCUT2D eigenvalue weighted by Crippen LogP contribution is -2.36. The lowest BCUT2D eigenvalue weighted by atomic mass is 10.1. The van der Waals surface area contributed by atoms with E-state index < -0.39 is 15.4 Å². The van der Waals surface area contributed by atoms with Gasteiger partial charge in [-0.25, -0.2) is 18.4 Å². The molecule has 0 bridgehead atoms. The van der Waals surface area contributed by atoms with E-state index in [-0.39, 0.29) is 5.16 Å². The Hall–Kier alpha value is -1.97. The first-order chi connectivity index (χ1) is 11.8. The quantitative estimate of drug-likeness (QED) is 0.777. The summed E-state index contributed by atoms with van der Waals surface area (Å²) in [4.78, 5) is 24.9. The number of rotatable bonds is 4. The van der Waals surface area contributed by atoms with Crippen LogP contribution in [0.3, 0.4) is 0 Å². The molecule has 0 saturated heterocycles. The van der Waals surface area contributed by atoms with E-state index in [9.17, 15) is 13.2 Å². The van der Waals surface area contributed by atoms with Crippen LogP contribution in [0.15, 0.2) is 22.2 Å². The van der Waals surface area contributed by atoms with E-state index in [1.807, 2.05) is 0 Å². The molecule has 0 unspecified atom stereocenters. The van der Waals surface area contributed by atoms with Gasteiger partial charge >= 0.3 is 0 Å². The molecule has 134 valence electrons. The second-order valence-corrected chi connectivity index (χ2v) is 8.20. The van der Waals surface area contributed by atoms with Gasteiger partial charge in [0.2, 0.25) is 20.9 Å². The first kappa shape index (κ1) is 17.8. The molecule has 3 heterocycles. The molecule has 1 aliphatic heterocycles. The van der Waals surface area contributed by atoms with Crippen molar-refractivity contribution in [3.8, 4) is 5.88 Å². The van der Waals surface area contributed by atoms with Crippen molar-refractivity contribution in [1.29, 1.82) is 0 Å². The predicted octanol–water partition coefficient (Wildman–Crippen LogP) is 0.789. The molecule has 0 aromatic carbocycles. The second kappa shape index (κ2) is 6.74. The Morgan fingerprint density at radius 1 is 1.44 bits per heavy atom. The number of H-pyrrole nitrogens is 1. The fourth-order valence-electron chi connectivity index (χ4n) is 2.73. The minimum Gasteiger partial charge on any atom is -0.480 e. The van der Waals surface area contributed by atoms with Gasteiger partial charge in [0.1, 0.15) is 5.02 Å². The highest BCUT2D eigenvalue weighted by Crippen LogP contribution is 2.23. The van der Waals surface area contributed by atoms with Crippen LogP contribution in [-0.2, 0) is 29.3 Å². The van der Waals surface area contributed by atoms with E-state index in [2.05, 4.69) is 19.9 Å². The highest BCUT2D eigenvalue weighted by molar-refractivity contribution is 7.90. The predicted molar refractivity (Wildman–Crippen MR) is 91.6 cm³/mol. The molecule has 0 amide bonds. The largest absolute Gasteiger partial charge is 0.480 e. The summed E-state index contributed by atoms with van der Waals surface area (Å²) >= 11 is 6.09. The van der Waals surface area contributed by atoms with Crippen LogP contribution in [-0.4, -0.2) is 48.2 Å². The maximum atomic E-state index is 12.2. The van der Waals surface area contributed by atoms with Gasteiger partial charge in [-0.2, -0.15) is 0 Å². The topological polar surface area (TPSA) is 105 Å². The van der Waals surface area contributed by atoms with Gasteiger partial charge in [0.25, 0.3) is 5.56 Å². The van der Waals surface area contributed by atoms with Crippen molar-refractivity contribution in [1.82, 2.24) is 19.9 Å². The summed E-state index contributed by atoms with van der Waals surface area (Å²) < 4.78 is 28.2. The Balaban J connectivity index is 1.82. The smallest absolute Gasteiger partial charge is 0.256 e. The number of methoxy groups -OCH3 is 1. The zero-order valence-electron chi connectivity index (χ0n) is 13.7. The van der Waals surface area contributed by atoms with Crippen molar-refractivity contribution < 1.29 is 13.2 Å². The average molecular weight is 385 g/mol. The Morgan fingerprint density at radius 2 is 2.20 bits per heavy atom. The zero-order valence-corrected chi connectivity index (χ0v) is 15.3. The van der Waals surface area contributed by atoms with Crippen molar-refractivity contribution in [2.45, 2.75) is 24.7 Å². The van der Waals surface area contributed by atoms with E-state index in [0.717, 1.165) is 11.8 Å². The maximum Gasteiger partial charge on any atom is 0.256 e. The third-order valence-electron chi connectivity index (χ3n) is 3.94. The fraction of sp³-hybridized carbons (Fsp3) is 0.400. The Bertz CT molecular complexity index is 974. The summed E-state index contributed by atoms with van der Waals surface area (Å²) in [5.41, 5.74) is 1.50. The molecule has 1 aliphatic rings. The van der Waals surface area contributed by atoms with Crippen LogP contribution in [0.2, 0.25) is 5.02 Å². The number of aromatic nitrogens is 3. The number of pyridine rings is 1. The Morgan fingerprint density at radius 3 is 2.84 bits per heavy atom. The average Bonchev–Trinajstić information content (AvgIpc) is 2.54. The summed E-state index contributed by atoms with van der Waals surface area (Å²) in [6.07, 6.45) is 3.20. The molecule has 1 N–H and O–H groups in total. The number of hydrogen-bond donors (Lipinski definition) is 1. The van der Waals surface area contributed by atoms with Gasteiger partial charge in [-0.3, -0.25) is 14.7 Å². The minimum atomic E-state index is -3.55. The van der Waals surface area contributed by atoms with Gasteiger partial charge in [-0.05, 0) is 11.6 Å². The molecular formula is C15H17ClN4O4S. The number of aromatic amines is 1. The number of nitrogens with one attached hydrogen (secondary N) is 1. The SMILES string of the molecule is COc1ncc(CN2CCc3nc(S(C)(=O)=O)[nH]c(=O)c3C2)cc1Cl. The highest BCUT2D eigenvalue weighted by Gasteiger charge is 2.23. The normalized spacial score (nSPS) is 15.0. The number of nitrogens with zero attached hydrogens (tertiary/aromatic N) is 3. The van der Waals surface area contributed by atoms with Gasteiger partial charge in [0.05, 0.1) is 18.4 Å². The standard InChI is InChI=1S/C15H17ClN4O4S/c1-24-14-11(16)5-9(6-17-14)7-20-4-3-12-10(8-20)13(21)19-15(18-12)25(2,22)23/h5-6H,3-4,7-8H2,1-2H3,(H,18,19,21). The van der Waals surface area contributed by atoms with Crippen LogP contribution in [0.25, 0.3) is 0 Å². The van der Waals surface area contributed by atoms with Crippen LogP contribution >= 0.6 is 11.6 Å². The third-order valence-corrected chi connectivity index (χ3v) is 5.11. The lowest BCUT2D eigenvalue weighted by Gasteiger charge is -2.27. The maximum absolute atomic E-state index is 12.2. The molecule has 2 aromatic rings. The molecule has 10 heteroatoms. The third kappa shape index (κ3) is 3.83. The molecule has 2 aromatic heterocycles. The molecule has 25 heavy (non-hydrogen) atoms. The monoisotopic (exact) mass is 384 g/mol. The van der Waals surface area contributed by atoms with E-state index in [1.165, 1.54) is 7.11 Å². The number of fused-ring (bicyclic) bond motifs is 1. The fourth-order valence-corrected chi connectivity index (χ4v) is 3.55. The van der Waals surface area contributed by atoms with Crippen molar-refractivity contribution >= 4 is 21.4 Å². The molecule has 3 rings (SSSR count). The molecule has 0 aliphatic carbocycles. The number of sulfone groups is 1. The summed E-state index contributed by atoms with van der Waals surface area (Å²) in [6.45, 7) is 1.59.